The Morgan fingerprint density at radius 1 is 1.38 bits per heavy atom. The predicted molar refractivity (Wildman–Crippen MR) is 77.2 cm³/mol. The normalized spacial score (nSPS) is 19.4. The van der Waals surface area contributed by atoms with E-state index in [9.17, 15) is 13.0 Å². The van der Waals surface area contributed by atoms with Crippen LogP contribution in [0.15, 0.2) is 23.1 Å². The molecule has 1 aliphatic rings. The van der Waals surface area contributed by atoms with E-state index in [1.165, 1.54) is 12.1 Å². The van der Waals surface area contributed by atoms with Crippen molar-refractivity contribution >= 4 is 10.1 Å². The van der Waals surface area contributed by atoms with Crippen molar-refractivity contribution in [3.05, 3.63) is 23.8 Å². The molecule has 1 unspecified atom stereocenters. The van der Waals surface area contributed by atoms with Crippen LogP contribution in [0.5, 0.6) is 5.75 Å². The molecular formula is C15H21O5S-. The summed E-state index contributed by atoms with van der Waals surface area (Å²) in [6, 6.07) is 4.34. The second-order valence-corrected chi connectivity index (χ2v) is 6.62. The van der Waals surface area contributed by atoms with Crippen LogP contribution in [0.1, 0.15) is 44.6 Å². The van der Waals surface area contributed by atoms with Crippen molar-refractivity contribution < 1.29 is 22.4 Å². The molecule has 6 heteroatoms. The van der Waals surface area contributed by atoms with Gasteiger partial charge in [-0.15, -0.1) is 0 Å². The molecule has 2 rings (SSSR count). The fourth-order valence-electron chi connectivity index (χ4n) is 2.32. The van der Waals surface area contributed by atoms with Crippen molar-refractivity contribution in [2.75, 3.05) is 6.61 Å². The van der Waals surface area contributed by atoms with Crippen molar-refractivity contribution in [3.63, 3.8) is 0 Å². The van der Waals surface area contributed by atoms with E-state index in [-0.39, 0.29) is 11.2 Å². The SMILES string of the molecule is CCCCc1ccc(S(=O)(=O)[O-])cc1OC1CCCCO1. The standard InChI is InChI=1S/C15H22O5S/c1-2-3-6-12-8-9-13(21(16,17)18)11-14(12)20-15-7-4-5-10-19-15/h8-9,11,15H,2-7,10H2,1H3,(H,16,17,18)/p-1. The van der Waals surface area contributed by atoms with E-state index < -0.39 is 10.1 Å². The summed E-state index contributed by atoms with van der Waals surface area (Å²) < 4.78 is 44.8. The molecule has 0 spiro atoms. The summed E-state index contributed by atoms with van der Waals surface area (Å²) in [5.74, 6) is 0.451. The van der Waals surface area contributed by atoms with Gasteiger partial charge < -0.3 is 14.0 Å². The maximum atomic E-state index is 11.2. The van der Waals surface area contributed by atoms with Crippen LogP contribution in [0.3, 0.4) is 0 Å². The zero-order chi connectivity index (χ0) is 15.3. The molecule has 21 heavy (non-hydrogen) atoms. The van der Waals surface area contributed by atoms with E-state index in [2.05, 4.69) is 6.92 Å². The Hall–Kier alpha value is -1.11. The van der Waals surface area contributed by atoms with Gasteiger partial charge in [0.2, 0.25) is 0 Å². The van der Waals surface area contributed by atoms with E-state index in [0.717, 1.165) is 44.1 Å². The quantitative estimate of drug-likeness (QED) is 0.755. The third kappa shape index (κ3) is 4.69. The summed E-state index contributed by atoms with van der Waals surface area (Å²) in [7, 11) is -4.47. The molecule has 1 saturated heterocycles. The van der Waals surface area contributed by atoms with Gasteiger partial charge in [-0.05, 0) is 43.4 Å². The molecule has 0 radical (unpaired) electrons. The maximum absolute atomic E-state index is 11.2. The Bertz CT molecular complexity index is 561. The number of ether oxygens (including phenoxy) is 2. The molecule has 0 aromatic heterocycles. The molecule has 0 saturated carbocycles. The number of unbranched alkanes of at least 4 members (excludes halogenated alkanes) is 1. The summed E-state index contributed by atoms with van der Waals surface area (Å²) in [5, 5.41) is 0. The first-order valence-electron chi connectivity index (χ1n) is 7.38. The highest BCUT2D eigenvalue weighted by Crippen LogP contribution is 2.27. The highest BCUT2D eigenvalue weighted by Gasteiger charge is 2.18. The van der Waals surface area contributed by atoms with Gasteiger partial charge in [-0.2, -0.15) is 0 Å². The van der Waals surface area contributed by atoms with Gasteiger partial charge in [0.25, 0.3) is 0 Å². The average Bonchev–Trinajstić information content (AvgIpc) is 2.46. The van der Waals surface area contributed by atoms with Crippen LogP contribution in [0.4, 0.5) is 0 Å². The van der Waals surface area contributed by atoms with Crippen LogP contribution < -0.4 is 4.74 Å². The third-order valence-corrected chi connectivity index (χ3v) is 4.35. The van der Waals surface area contributed by atoms with Crippen molar-refractivity contribution in [1.29, 1.82) is 0 Å². The Kier molecular flexibility index (Phi) is 5.61. The minimum atomic E-state index is -4.47. The predicted octanol–water partition coefficient (Wildman–Crippen LogP) is 2.84. The summed E-state index contributed by atoms with van der Waals surface area (Å²) in [6.07, 6.45) is 5.25. The topological polar surface area (TPSA) is 75.7 Å². The summed E-state index contributed by atoms with van der Waals surface area (Å²) >= 11 is 0. The van der Waals surface area contributed by atoms with E-state index in [0.29, 0.717) is 12.4 Å². The molecule has 0 N–H and O–H groups in total. The van der Waals surface area contributed by atoms with Gasteiger partial charge in [0.05, 0.1) is 11.5 Å². The van der Waals surface area contributed by atoms with Gasteiger partial charge in [-0.25, -0.2) is 8.42 Å². The van der Waals surface area contributed by atoms with Crippen molar-refractivity contribution in [2.24, 2.45) is 0 Å². The van der Waals surface area contributed by atoms with E-state index >= 15 is 0 Å². The van der Waals surface area contributed by atoms with Crippen LogP contribution >= 0.6 is 0 Å². The molecule has 1 atom stereocenters. The number of rotatable bonds is 6. The molecule has 0 bridgehead atoms. The van der Waals surface area contributed by atoms with Crippen LogP contribution in [-0.2, 0) is 21.3 Å². The zero-order valence-electron chi connectivity index (χ0n) is 12.2. The van der Waals surface area contributed by atoms with Crippen molar-refractivity contribution in [1.82, 2.24) is 0 Å². The zero-order valence-corrected chi connectivity index (χ0v) is 13.0. The largest absolute Gasteiger partial charge is 0.744 e. The fourth-order valence-corrected chi connectivity index (χ4v) is 2.81. The average molecular weight is 313 g/mol. The summed E-state index contributed by atoms with van der Waals surface area (Å²) in [4.78, 5) is -0.256. The second kappa shape index (κ2) is 7.24. The van der Waals surface area contributed by atoms with E-state index in [4.69, 9.17) is 9.47 Å². The first-order chi connectivity index (χ1) is 10.0. The fraction of sp³-hybridized carbons (Fsp3) is 0.600. The minimum absolute atomic E-state index is 0.256. The Morgan fingerprint density at radius 2 is 2.19 bits per heavy atom. The Balaban J connectivity index is 2.23. The van der Waals surface area contributed by atoms with Crippen LogP contribution in [-0.4, -0.2) is 25.9 Å². The molecule has 1 aromatic rings. The smallest absolute Gasteiger partial charge is 0.199 e. The number of benzene rings is 1. The van der Waals surface area contributed by atoms with Gasteiger partial charge in [0.15, 0.2) is 6.29 Å². The lowest BCUT2D eigenvalue weighted by atomic mass is 10.1. The van der Waals surface area contributed by atoms with Gasteiger partial charge in [-0.3, -0.25) is 0 Å². The molecule has 118 valence electrons. The highest BCUT2D eigenvalue weighted by molar-refractivity contribution is 7.85. The molecule has 1 heterocycles. The van der Waals surface area contributed by atoms with Gasteiger partial charge in [0, 0.05) is 6.42 Å². The van der Waals surface area contributed by atoms with E-state index in [1.54, 1.807) is 6.07 Å². The van der Waals surface area contributed by atoms with Crippen molar-refractivity contribution in [3.8, 4) is 5.75 Å². The molecule has 0 amide bonds. The highest BCUT2D eigenvalue weighted by atomic mass is 32.2. The second-order valence-electron chi connectivity index (χ2n) is 5.24. The summed E-state index contributed by atoms with van der Waals surface area (Å²) in [5.41, 5.74) is 0.915. The lowest BCUT2D eigenvalue weighted by molar-refractivity contribution is -0.106. The Morgan fingerprint density at radius 3 is 2.81 bits per heavy atom. The first kappa shape index (κ1) is 16.3. The van der Waals surface area contributed by atoms with Crippen LogP contribution in [0.25, 0.3) is 0 Å². The van der Waals surface area contributed by atoms with E-state index in [1.807, 2.05) is 0 Å². The lowest BCUT2D eigenvalue weighted by Gasteiger charge is -2.25. The molecule has 0 aliphatic carbocycles. The monoisotopic (exact) mass is 313 g/mol. The molecule has 1 aliphatic heterocycles. The van der Waals surface area contributed by atoms with Gasteiger partial charge in [-0.1, -0.05) is 19.4 Å². The third-order valence-electron chi connectivity index (χ3n) is 3.52. The summed E-state index contributed by atoms with van der Waals surface area (Å²) in [6.45, 7) is 2.73. The number of hydrogen-bond donors (Lipinski definition) is 0. The van der Waals surface area contributed by atoms with Gasteiger partial charge in [0.1, 0.15) is 15.9 Å². The Labute approximate surface area is 126 Å². The maximum Gasteiger partial charge on any atom is 0.199 e. The number of aryl methyl sites for hydroxylation is 1. The number of hydrogen-bond acceptors (Lipinski definition) is 5. The molecule has 1 fully saturated rings. The van der Waals surface area contributed by atoms with Crippen LogP contribution in [0, 0.1) is 0 Å². The molecule has 5 nitrogen and oxygen atoms in total. The molecular weight excluding hydrogens is 292 g/mol. The first-order valence-corrected chi connectivity index (χ1v) is 8.78. The lowest BCUT2D eigenvalue weighted by Crippen LogP contribution is -2.25. The molecule has 1 aromatic carbocycles. The van der Waals surface area contributed by atoms with Crippen LogP contribution in [0.2, 0.25) is 0 Å². The van der Waals surface area contributed by atoms with Gasteiger partial charge >= 0.3 is 0 Å². The minimum Gasteiger partial charge on any atom is -0.744 e. The van der Waals surface area contributed by atoms with Crippen molar-refractivity contribution in [2.45, 2.75) is 56.6 Å².